The number of carbonyl (C=O) groups is 1. The van der Waals surface area contributed by atoms with Crippen LogP contribution in [0.4, 0.5) is 14.9 Å². The molecule has 0 heterocycles. The third kappa shape index (κ3) is 2.18. The molecule has 0 aromatic heterocycles. The molecule has 0 aliphatic heterocycles. The Balaban J connectivity index is 2.98. The van der Waals surface area contributed by atoms with Gasteiger partial charge in [0.1, 0.15) is 11.9 Å². The number of anilines is 1. The van der Waals surface area contributed by atoms with E-state index in [1.807, 2.05) is 0 Å². The minimum atomic E-state index is -1.33. The molecule has 0 atom stereocenters. The normalized spacial score (nSPS) is 9.69. The summed E-state index contributed by atoms with van der Waals surface area (Å²) < 4.78 is 12.7. The predicted octanol–water partition coefficient (Wildman–Crippen LogP) is 0.995. The highest BCUT2D eigenvalue weighted by Crippen LogP contribution is 2.14. The highest BCUT2D eigenvalue weighted by Gasteiger charge is 2.04. The lowest BCUT2D eigenvalue weighted by Gasteiger charge is -2.23. The van der Waals surface area contributed by atoms with Gasteiger partial charge in [-0.25, -0.2) is 4.39 Å². The van der Waals surface area contributed by atoms with Gasteiger partial charge in [0.05, 0.1) is 0 Å². The second kappa shape index (κ2) is 3.89. The fourth-order valence-electron chi connectivity index (χ4n) is 1.06. The minimum absolute atomic E-state index is 0.242. The average Bonchev–Trinajstić information content (AvgIpc) is 2.04. The van der Waals surface area contributed by atoms with Crippen molar-refractivity contribution in [1.82, 2.24) is 0 Å². The van der Waals surface area contributed by atoms with Crippen LogP contribution < -0.4 is 10.0 Å². The molecule has 1 aromatic rings. The lowest BCUT2D eigenvalue weighted by molar-refractivity contribution is -0.246. The van der Waals surface area contributed by atoms with E-state index in [1.54, 1.807) is 6.92 Å². The first kappa shape index (κ1) is 9.51. The molecule has 1 amide bonds. The number of hydrogen-bond acceptors (Lipinski definition) is 2. The molecule has 0 aliphatic carbocycles. The van der Waals surface area contributed by atoms with Gasteiger partial charge >= 0.3 is 0 Å². The summed E-state index contributed by atoms with van der Waals surface area (Å²) in [5, 5.41) is 10.5. The molecule has 0 bridgehead atoms. The Morgan fingerprint density at radius 2 is 2.31 bits per heavy atom. The molecule has 0 saturated heterocycles. The van der Waals surface area contributed by atoms with Crippen LogP contribution in [0, 0.1) is 5.82 Å². The van der Waals surface area contributed by atoms with E-state index in [-0.39, 0.29) is 6.54 Å². The quantitative estimate of drug-likeness (QED) is 0.684. The van der Waals surface area contributed by atoms with Crippen molar-refractivity contribution < 1.29 is 14.3 Å². The maximum atomic E-state index is 12.7. The lowest BCUT2D eigenvalue weighted by atomic mass is 10.3. The van der Waals surface area contributed by atoms with Gasteiger partial charge in [0, 0.05) is 12.2 Å². The van der Waals surface area contributed by atoms with Crippen molar-refractivity contribution in [2.24, 2.45) is 0 Å². The Labute approximate surface area is 75.4 Å². The van der Waals surface area contributed by atoms with E-state index in [0.29, 0.717) is 5.69 Å². The van der Waals surface area contributed by atoms with E-state index >= 15 is 0 Å². The molecule has 0 radical (unpaired) electrons. The summed E-state index contributed by atoms with van der Waals surface area (Å²) in [6, 6.07) is 5.38. The van der Waals surface area contributed by atoms with Gasteiger partial charge in [-0.3, -0.25) is 0 Å². The van der Waals surface area contributed by atoms with Gasteiger partial charge in [-0.2, -0.15) is 0 Å². The highest BCUT2D eigenvalue weighted by atomic mass is 19.1. The Kier molecular flexibility index (Phi) is 2.84. The molecule has 1 rings (SSSR count). The van der Waals surface area contributed by atoms with Gasteiger partial charge in [-0.1, -0.05) is 6.07 Å². The molecule has 0 aliphatic rings. The third-order valence-electron chi connectivity index (χ3n) is 1.66. The van der Waals surface area contributed by atoms with Gasteiger partial charge in [0.2, 0.25) is 0 Å². The van der Waals surface area contributed by atoms with Crippen molar-refractivity contribution in [2.75, 3.05) is 11.4 Å². The SMILES string of the molecule is CCN(C(=O)[O-])c1cccc(F)c1. The van der Waals surface area contributed by atoms with Gasteiger partial charge < -0.3 is 14.8 Å². The van der Waals surface area contributed by atoms with Crippen LogP contribution in [0.2, 0.25) is 0 Å². The zero-order valence-electron chi connectivity index (χ0n) is 7.16. The number of amides is 1. The topological polar surface area (TPSA) is 43.4 Å². The first-order chi connectivity index (χ1) is 6.15. The third-order valence-corrected chi connectivity index (χ3v) is 1.66. The zero-order chi connectivity index (χ0) is 9.84. The molecular formula is C9H9FNO2-. The van der Waals surface area contributed by atoms with E-state index < -0.39 is 11.9 Å². The van der Waals surface area contributed by atoms with Gasteiger partial charge in [-0.05, 0) is 25.1 Å². The smallest absolute Gasteiger partial charge is 0.141 e. The fourth-order valence-corrected chi connectivity index (χ4v) is 1.06. The maximum absolute atomic E-state index is 12.7. The Morgan fingerprint density at radius 1 is 1.62 bits per heavy atom. The van der Waals surface area contributed by atoms with E-state index in [0.717, 1.165) is 11.0 Å². The number of halogens is 1. The second-order valence-corrected chi connectivity index (χ2v) is 2.49. The maximum Gasteiger partial charge on any atom is 0.141 e. The molecule has 70 valence electrons. The van der Waals surface area contributed by atoms with E-state index in [1.165, 1.54) is 18.2 Å². The lowest BCUT2D eigenvalue weighted by Crippen LogP contribution is -2.41. The van der Waals surface area contributed by atoms with Crippen molar-refractivity contribution in [3.8, 4) is 0 Å². The number of rotatable bonds is 2. The second-order valence-electron chi connectivity index (χ2n) is 2.49. The van der Waals surface area contributed by atoms with Crippen molar-refractivity contribution >= 4 is 11.8 Å². The average molecular weight is 182 g/mol. The van der Waals surface area contributed by atoms with E-state index in [4.69, 9.17) is 0 Å². The first-order valence-corrected chi connectivity index (χ1v) is 3.89. The van der Waals surface area contributed by atoms with Crippen LogP contribution in [0.25, 0.3) is 0 Å². The molecule has 0 spiro atoms. The molecule has 13 heavy (non-hydrogen) atoms. The number of nitrogens with zero attached hydrogens (tertiary/aromatic N) is 1. The fraction of sp³-hybridized carbons (Fsp3) is 0.222. The summed E-state index contributed by atoms with van der Waals surface area (Å²) in [5.41, 5.74) is 0.294. The number of hydrogen-bond donors (Lipinski definition) is 0. The molecule has 1 aromatic carbocycles. The minimum Gasteiger partial charge on any atom is -0.530 e. The predicted molar refractivity (Wildman–Crippen MR) is 44.8 cm³/mol. The van der Waals surface area contributed by atoms with Crippen molar-refractivity contribution in [2.45, 2.75) is 6.92 Å². The summed E-state index contributed by atoms with van der Waals surface area (Å²) in [6.07, 6.45) is -1.33. The van der Waals surface area contributed by atoms with Gasteiger partial charge in [-0.15, -0.1) is 0 Å². The molecular weight excluding hydrogens is 173 g/mol. The van der Waals surface area contributed by atoms with Crippen LogP contribution in [0.3, 0.4) is 0 Å². The molecule has 0 unspecified atom stereocenters. The first-order valence-electron chi connectivity index (χ1n) is 3.89. The summed E-state index contributed by atoms with van der Waals surface area (Å²) in [5.74, 6) is -0.461. The van der Waals surface area contributed by atoms with Gasteiger partial charge in [0.15, 0.2) is 0 Å². The molecule has 3 nitrogen and oxygen atoms in total. The monoisotopic (exact) mass is 182 g/mol. The van der Waals surface area contributed by atoms with Crippen LogP contribution in [0.5, 0.6) is 0 Å². The molecule has 0 N–H and O–H groups in total. The van der Waals surface area contributed by atoms with Crippen LogP contribution in [0.15, 0.2) is 24.3 Å². The summed E-state index contributed by atoms with van der Waals surface area (Å²) in [7, 11) is 0. The summed E-state index contributed by atoms with van der Waals surface area (Å²) >= 11 is 0. The van der Waals surface area contributed by atoms with Crippen LogP contribution in [0.1, 0.15) is 6.92 Å². The van der Waals surface area contributed by atoms with Crippen LogP contribution in [-0.2, 0) is 0 Å². The van der Waals surface area contributed by atoms with Crippen molar-refractivity contribution in [1.29, 1.82) is 0 Å². The number of carboxylic acid groups (broad SMARTS) is 1. The Bertz CT molecular complexity index is 314. The van der Waals surface area contributed by atoms with E-state index in [2.05, 4.69) is 0 Å². The van der Waals surface area contributed by atoms with Crippen LogP contribution in [-0.4, -0.2) is 12.6 Å². The molecule has 4 heteroatoms. The largest absolute Gasteiger partial charge is 0.530 e. The standard InChI is InChI=1S/C9H10FNO2/c1-2-11(9(12)13)8-5-3-4-7(10)6-8/h3-6H,2H2,1H3,(H,12,13)/p-1. The Hall–Kier alpha value is -1.58. The number of carbonyl (C=O) groups excluding carboxylic acids is 1. The Morgan fingerprint density at radius 3 is 2.77 bits per heavy atom. The van der Waals surface area contributed by atoms with Crippen LogP contribution >= 0.6 is 0 Å². The summed E-state index contributed by atoms with van der Waals surface area (Å²) in [6.45, 7) is 1.90. The highest BCUT2D eigenvalue weighted by molar-refractivity contribution is 5.84. The van der Waals surface area contributed by atoms with Gasteiger partial charge in [0.25, 0.3) is 0 Å². The van der Waals surface area contributed by atoms with E-state index in [9.17, 15) is 14.3 Å². The number of benzene rings is 1. The van der Waals surface area contributed by atoms with Crippen molar-refractivity contribution in [3.05, 3.63) is 30.1 Å². The summed E-state index contributed by atoms with van der Waals surface area (Å²) in [4.78, 5) is 11.5. The molecule has 0 saturated carbocycles. The van der Waals surface area contributed by atoms with Crippen molar-refractivity contribution in [3.63, 3.8) is 0 Å². The molecule has 0 fully saturated rings. The zero-order valence-corrected chi connectivity index (χ0v) is 7.16.